The third kappa shape index (κ3) is 2.47. The standard InChI is InChI=1S/C8H11NO3/c10-7(3-4-8(11)12)6-2-1-5-9-6/h3-4,6,9H,1-2,5H2,(H,11,12)/t6-/m0/s1. The van der Waals surface area contributed by atoms with E-state index < -0.39 is 5.97 Å². The molecule has 1 atom stereocenters. The summed E-state index contributed by atoms with van der Waals surface area (Å²) in [5, 5.41) is 11.2. The Morgan fingerprint density at radius 2 is 2.17 bits per heavy atom. The molecular weight excluding hydrogens is 158 g/mol. The molecule has 12 heavy (non-hydrogen) atoms. The van der Waals surface area contributed by atoms with Gasteiger partial charge in [0.1, 0.15) is 0 Å². The van der Waals surface area contributed by atoms with E-state index in [9.17, 15) is 9.59 Å². The summed E-state index contributed by atoms with van der Waals surface area (Å²) in [5.41, 5.74) is 0. The van der Waals surface area contributed by atoms with E-state index in [-0.39, 0.29) is 11.8 Å². The quantitative estimate of drug-likeness (QED) is 0.581. The van der Waals surface area contributed by atoms with E-state index in [0.717, 1.165) is 31.5 Å². The fourth-order valence-electron chi connectivity index (χ4n) is 1.20. The molecule has 0 radical (unpaired) electrons. The first-order chi connectivity index (χ1) is 5.70. The molecule has 1 aliphatic heterocycles. The van der Waals surface area contributed by atoms with Crippen LogP contribution < -0.4 is 5.32 Å². The van der Waals surface area contributed by atoms with Crippen molar-refractivity contribution in [3.05, 3.63) is 12.2 Å². The first kappa shape index (κ1) is 8.93. The largest absolute Gasteiger partial charge is 0.478 e. The monoisotopic (exact) mass is 169 g/mol. The van der Waals surface area contributed by atoms with Crippen LogP contribution >= 0.6 is 0 Å². The fraction of sp³-hybridized carbons (Fsp3) is 0.500. The number of carboxylic acids is 1. The van der Waals surface area contributed by atoms with Gasteiger partial charge in [0.15, 0.2) is 5.78 Å². The van der Waals surface area contributed by atoms with Crippen molar-refractivity contribution in [1.29, 1.82) is 0 Å². The third-order valence-electron chi connectivity index (χ3n) is 1.79. The Hall–Kier alpha value is -1.16. The number of hydrogen-bond donors (Lipinski definition) is 2. The zero-order chi connectivity index (χ0) is 8.97. The summed E-state index contributed by atoms with van der Waals surface area (Å²) in [5.74, 6) is -1.23. The average Bonchev–Trinajstić information content (AvgIpc) is 2.51. The Morgan fingerprint density at radius 3 is 2.67 bits per heavy atom. The summed E-state index contributed by atoms with van der Waals surface area (Å²) < 4.78 is 0. The molecule has 0 aromatic heterocycles. The van der Waals surface area contributed by atoms with Crippen molar-refractivity contribution in [3.8, 4) is 0 Å². The smallest absolute Gasteiger partial charge is 0.328 e. The number of carbonyl (C=O) groups is 2. The van der Waals surface area contributed by atoms with Crippen molar-refractivity contribution in [2.75, 3.05) is 6.54 Å². The summed E-state index contributed by atoms with van der Waals surface area (Å²) in [6.45, 7) is 0.845. The molecule has 0 amide bonds. The van der Waals surface area contributed by atoms with Crippen molar-refractivity contribution in [2.45, 2.75) is 18.9 Å². The van der Waals surface area contributed by atoms with Gasteiger partial charge in [0.25, 0.3) is 0 Å². The van der Waals surface area contributed by atoms with Crippen LogP contribution in [0.3, 0.4) is 0 Å². The SMILES string of the molecule is O=C(O)C=CC(=O)[C@@H]1CCCN1. The highest BCUT2D eigenvalue weighted by atomic mass is 16.4. The van der Waals surface area contributed by atoms with Crippen LogP contribution in [0, 0.1) is 0 Å². The maximum Gasteiger partial charge on any atom is 0.328 e. The Labute approximate surface area is 70.3 Å². The molecule has 4 heteroatoms. The molecule has 0 unspecified atom stereocenters. The van der Waals surface area contributed by atoms with Gasteiger partial charge < -0.3 is 10.4 Å². The van der Waals surface area contributed by atoms with Crippen LogP contribution in [0.25, 0.3) is 0 Å². The van der Waals surface area contributed by atoms with Gasteiger partial charge in [0, 0.05) is 6.08 Å². The number of nitrogens with one attached hydrogen (secondary N) is 1. The van der Waals surface area contributed by atoms with Crippen LogP contribution in [-0.4, -0.2) is 29.4 Å². The normalized spacial score (nSPS) is 23.2. The second-order valence-electron chi connectivity index (χ2n) is 2.72. The number of carboxylic acid groups (broad SMARTS) is 1. The highest BCUT2D eigenvalue weighted by Gasteiger charge is 2.19. The molecule has 4 nitrogen and oxygen atoms in total. The summed E-state index contributed by atoms with van der Waals surface area (Å²) in [4.78, 5) is 21.2. The zero-order valence-electron chi connectivity index (χ0n) is 6.62. The lowest BCUT2D eigenvalue weighted by Crippen LogP contribution is -2.29. The van der Waals surface area contributed by atoms with Gasteiger partial charge in [0.2, 0.25) is 0 Å². The summed E-state index contributed by atoms with van der Waals surface area (Å²) in [6.07, 6.45) is 3.79. The van der Waals surface area contributed by atoms with Gasteiger partial charge in [-0.15, -0.1) is 0 Å². The number of ketones is 1. The molecule has 0 aliphatic carbocycles. The van der Waals surface area contributed by atoms with E-state index in [1.54, 1.807) is 0 Å². The summed E-state index contributed by atoms with van der Waals surface area (Å²) >= 11 is 0. The van der Waals surface area contributed by atoms with Gasteiger partial charge in [-0.25, -0.2) is 4.79 Å². The van der Waals surface area contributed by atoms with Crippen LogP contribution in [0.2, 0.25) is 0 Å². The second kappa shape index (κ2) is 4.01. The van der Waals surface area contributed by atoms with E-state index in [0.29, 0.717) is 0 Å². The molecule has 0 spiro atoms. The van der Waals surface area contributed by atoms with Gasteiger partial charge in [-0.05, 0) is 25.5 Å². The Morgan fingerprint density at radius 1 is 1.42 bits per heavy atom. The molecule has 1 rings (SSSR count). The summed E-state index contributed by atoms with van der Waals surface area (Å²) in [7, 11) is 0. The van der Waals surface area contributed by atoms with Crippen molar-refractivity contribution in [3.63, 3.8) is 0 Å². The maximum absolute atomic E-state index is 11.1. The predicted molar refractivity (Wildman–Crippen MR) is 42.8 cm³/mol. The molecule has 1 fully saturated rings. The van der Waals surface area contributed by atoms with Gasteiger partial charge >= 0.3 is 5.97 Å². The average molecular weight is 169 g/mol. The first-order valence-electron chi connectivity index (χ1n) is 3.88. The number of rotatable bonds is 3. The number of carbonyl (C=O) groups excluding carboxylic acids is 1. The molecule has 0 aromatic rings. The van der Waals surface area contributed by atoms with Crippen LogP contribution in [-0.2, 0) is 9.59 Å². The third-order valence-corrected chi connectivity index (χ3v) is 1.79. The minimum absolute atomic E-state index is 0.144. The zero-order valence-corrected chi connectivity index (χ0v) is 6.62. The number of hydrogen-bond acceptors (Lipinski definition) is 3. The van der Waals surface area contributed by atoms with Crippen LogP contribution in [0.1, 0.15) is 12.8 Å². The molecule has 0 bridgehead atoms. The van der Waals surface area contributed by atoms with E-state index in [1.165, 1.54) is 0 Å². The molecule has 0 aromatic carbocycles. The Kier molecular flexibility index (Phi) is 2.99. The van der Waals surface area contributed by atoms with E-state index >= 15 is 0 Å². The van der Waals surface area contributed by atoms with E-state index in [4.69, 9.17) is 5.11 Å². The van der Waals surface area contributed by atoms with E-state index in [1.807, 2.05) is 0 Å². The van der Waals surface area contributed by atoms with E-state index in [2.05, 4.69) is 5.32 Å². The van der Waals surface area contributed by atoms with Crippen LogP contribution in [0.5, 0.6) is 0 Å². The lowest BCUT2D eigenvalue weighted by molar-refractivity contribution is -0.131. The Balaban J connectivity index is 2.42. The van der Waals surface area contributed by atoms with Crippen molar-refractivity contribution in [2.24, 2.45) is 0 Å². The highest BCUT2D eigenvalue weighted by molar-refractivity contribution is 5.98. The van der Waals surface area contributed by atoms with Gasteiger partial charge in [-0.3, -0.25) is 4.79 Å². The molecular formula is C8H11NO3. The fourth-order valence-corrected chi connectivity index (χ4v) is 1.20. The number of aliphatic carboxylic acids is 1. The first-order valence-corrected chi connectivity index (χ1v) is 3.88. The summed E-state index contributed by atoms with van der Waals surface area (Å²) in [6, 6.07) is -0.166. The lowest BCUT2D eigenvalue weighted by Gasteiger charge is -2.03. The minimum Gasteiger partial charge on any atom is -0.478 e. The predicted octanol–water partition coefficient (Wildman–Crippen LogP) is -0.0517. The molecule has 0 saturated carbocycles. The topological polar surface area (TPSA) is 66.4 Å². The van der Waals surface area contributed by atoms with Crippen LogP contribution in [0.15, 0.2) is 12.2 Å². The lowest BCUT2D eigenvalue weighted by atomic mass is 10.1. The van der Waals surface area contributed by atoms with Gasteiger partial charge in [-0.2, -0.15) is 0 Å². The molecule has 1 aliphatic rings. The molecule has 2 N–H and O–H groups in total. The van der Waals surface area contributed by atoms with Crippen LogP contribution in [0.4, 0.5) is 0 Å². The maximum atomic E-state index is 11.1. The van der Waals surface area contributed by atoms with Gasteiger partial charge in [-0.1, -0.05) is 0 Å². The highest BCUT2D eigenvalue weighted by Crippen LogP contribution is 2.05. The molecule has 66 valence electrons. The molecule has 1 heterocycles. The van der Waals surface area contributed by atoms with Crippen molar-refractivity contribution >= 4 is 11.8 Å². The second-order valence-corrected chi connectivity index (χ2v) is 2.72. The molecule has 1 saturated heterocycles. The van der Waals surface area contributed by atoms with Gasteiger partial charge in [0.05, 0.1) is 6.04 Å². The van der Waals surface area contributed by atoms with Crippen molar-refractivity contribution in [1.82, 2.24) is 5.32 Å². The Bertz CT molecular complexity index is 216. The minimum atomic E-state index is -1.08. The van der Waals surface area contributed by atoms with Crippen molar-refractivity contribution < 1.29 is 14.7 Å².